The van der Waals surface area contributed by atoms with Crippen LogP contribution in [0.2, 0.25) is 0 Å². The third-order valence-corrected chi connectivity index (χ3v) is 9.50. The van der Waals surface area contributed by atoms with Crippen LogP contribution in [0, 0.1) is 0 Å². The van der Waals surface area contributed by atoms with Crippen molar-refractivity contribution in [3.8, 4) is 5.75 Å². The summed E-state index contributed by atoms with van der Waals surface area (Å²) in [7, 11) is -1.66. The highest BCUT2D eigenvalue weighted by molar-refractivity contribution is 7.92. The van der Waals surface area contributed by atoms with Crippen molar-refractivity contribution in [2.24, 2.45) is 0 Å². The first-order chi connectivity index (χ1) is 17.2. The smallest absolute Gasteiger partial charge is 0.261 e. The van der Waals surface area contributed by atoms with E-state index in [2.05, 4.69) is 61.7 Å². The van der Waals surface area contributed by atoms with E-state index in [9.17, 15) is 8.42 Å². The SMILES string of the molecule is CCc1ccc(S(=O)(=O)Nc2cc3c(c4ccccc24)OC2(C3)N(C)c3ccccc3C2(C)C)cc1. The van der Waals surface area contributed by atoms with Crippen LogP contribution in [0.5, 0.6) is 5.75 Å². The van der Waals surface area contributed by atoms with E-state index in [0.29, 0.717) is 12.1 Å². The predicted octanol–water partition coefficient (Wildman–Crippen LogP) is 6.26. The molecule has 36 heavy (non-hydrogen) atoms. The van der Waals surface area contributed by atoms with E-state index in [4.69, 9.17) is 4.74 Å². The number of ether oxygens (including phenoxy) is 1. The van der Waals surface area contributed by atoms with E-state index in [-0.39, 0.29) is 10.3 Å². The van der Waals surface area contributed by atoms with Gasteiger partial charge in [-0.2, -0.15) is 0 Å². The van der Waals surface area contributed by atoms with Crippen LogP contribution < -0.4 is 14.4 Å². The van der Waals surface area contributed by atoms with Gasteiger partial charge in [0.2, 0.25) is 0 Å². The van der Waals surface area contributed by atoms with Gasteiger partial charge in [-0.3, -0.25) is 4.72 Å². The lowest BCUT2D eigenvalue weighted by Crippen LogP contribution is -2.58. The molecule has 1 N–H and O–H groups in total. The fraction of sp³-hybridized carbons (Fsp3) is 0.267. The van der Waals surface area contributed by atoms with Gasteiger partial charge < -0.3 is 9.64 Å². The molecule has 0 bridgehead atoms. The largest absolute Gasteiger partial charge is 0.466 e. The van der Waals surface area contributed by atoms with Crippen molar-refractivity contribution < 1.29 is 13.2 Å². The van der Waals surface area contributed by atoms with Crippen molar-refractivity contribution in [3.05, 3.63) is 95.6 Å². The number of benzene rings is 4. The van der Waals surface area contributed by atoms with Gasteiger partial charge in [0.25, 0.3) is 10.0 Å². The first-order valence-corrected chi connectivity index (χ1v) is 13.8. The van der Waals surface area contributed by atoms with Crippen LogP contribution in [-0.4, -0.2) is 21.2 Å². The molecule has 0 amide bonds. The van der Waals surface area contributed by atoms with Gasteiger partial charge in [0.15, 0.2) is 5.72 Å². The second-order valence-corrected chi connectivity index (χ2v) is 12.0. The van der Waals surface area contributed by atoms with Gasteiger partial charge in [-0.05, 0) is 55.7 Å². The second-order valence-electron chi connectivity index (χ2n) is 10.3. The molecule has 2 aliphatic rings. The zero-order valence-electron chi connectivity index (χ0n) is 21.0. The molecule has 0 fully saturated rings. The standard InChI is InChI=1S/C30H30N2O3S/c1-5-20-14-16-22(17-15-20)36(33,34)31-26-18-21-19-30(35-28(21)24-11-7-6-10-23(24)26)29(2,3)25-12-8-9-13-27(25)32(30)4/h6-18,31H,5,19H2,1-4H3. The van der Waals surface area contributed by atoms with Crippen molar-refractivity contribution in [3.63, 3.8) is 0 Å². The van der Waals surface area contributed by atoms with E-state index >= 15 is 0 Å². The number of hydrogen-bond donors (Lipinski definition) is 1. The van der Waals surface area contributed by atoms with Gasteiger partial charge in [-0.1, -0.05) is 61.5 Å². The summed E-state index contributed by atoms with van der Waals surface area (Å²) in [6, 6.07) is 25.3. The Hall–Kier alpha value is -3.51. The summed E-state index contributed by atoms with van der Waals surface area (Å²) < 4.78 is 36.5. The van der Waals surface area contributed by atoms with Crippen LogP contribution in [0.15, 0.2) is 83.8 Å². The molecule has 0 radical (unpaired) electrons. The first-order valence-electron chi connectivity index (χ1n) is 12.4. The van der Waals surface area contributed by atoms with E-state index in [1.165, 1.54) is 5.56 Å². The summed E-state index contributed by atoms with van der Waals surface area (Å²) in [6.45, 7) is 6.51. The molecule has 1 spiro atoms. The molecule has 1 unspecified atom stereocenters. The van der Waals surface area contributed by atoms with E-state index in [1.54, 1.807) is 12.1 Å². The molecule has 4 aromatic carbocycles. The maximum absolute atomic E-state index is 13.3. The number of rotatable bonds is 4. The molecule has 6 rings (SSSR count). The van der Waals surface area contributed by atoms with Crippen LogP contribution in [-0.2, 0) is 28.3 Å². The Morgan fingerprint density at radius 1 is 0.944 bits per heavy atom. The Balaban J connectivity index is 1.45. The molecule has 0 saturated carbocycles. The van der Waals surface area contributed by atoms with E-state index < -0.39 is 15.7 Å². The third-order valence-electron chi connectivity index (χ3n) is 8.12. The molecule has 2 aliphatic heterocycles. The fourth-order valence-electron chi connectivity index (χ4n) is 5.97. The Bertz CT molecular complexity index is 1610. The number of fused-ring (bicyclic) bond motifs is 4. The highest BCUT2D eigenvalue weighted by Crippen LogP contribution is 2.57. The minimum atomic E-state index is -3.75. The number of hydrogen-bond acceptors (Lipinski definition) is 4. The Morgan fingerprint density at radius 2 is 1.61 bits per heavy atom. The molecule has 0 aromatic heterocycles. The van der Waals surface area contributed by atoms with Crippen molar-refractivity contribution in [1.82, 2.24) is 0 Å². The van der Waals surface area contributed by atoms with Crippen LogP contribution in [0.25, 0.3) is 10.8 Å². The molecular formula is C30H30N2O3S. The minimum absolute atomic E-state index is 0.254. The highest BCUT2D eigenvalue weighted by Gasteiger charge is 2.60. The van der Waals surface area contributed by atoms with Crippen LogP contribution >= 0.6 is 0 Å². The molecule has 1 atom stereocenters. The van der Waals surface area contributed by atoms with Gasteiger partial charge in [0.05, 0.1) is 16.0 Å². The average Bonchev–Trinajstić information content (AvgIpc) is 3.36. The van der Waals surface area contributed by atoms with Crippen LogP contribution in [0.1, 0.15) is 37.5 Å². The molecule has 5 nitrogen and oxygen atoms in total. The summed E-state index contributed by atoms with van der Waals surface area (Å²) in [4.78, 5) is 2.50. The van der Waals surface area contributed by atoms with Crippen molar-refractivity contribution in [1.29, 1.82) is 0 Å². The van der Waals surface area contributed by atoms with Crippen molar-refractivity contribution in [2.75, 3.05) is 16.7 Å². The zero-order valence-corrected chi connectivity index (χ0v) is 21.8. The topological polar surface area (TPSA) is 58.6 Å². The third kappa shape index (κ3) is 3.10. The molecule has 0 aliphatic carbocycles. The highest BCUT2D eigenvalue weighted by atomic mass is 32.2. The molecule has 0 saturated heterocycles. The summed E-state index contributed by atoms with van der Waals surface area (Å²) >= 11 is 0. The molecular weight excluding hydrogens is 468 g/mol. The lowest BCUT2D eigenvalue weighted by atomic mass is 9.76. The second kappa shape index (κ2) is 7.74. The molecule has 6 heteroatoms. The quantitative estimate of drug-likeness (QED) is 0.361. The number of anilines is 2. The number of nitrogens with zero attached hydrogens (tertiary/aromatic N) is 1. The monoisotopic (exact) mass is 498 g/mol. The number of aryl methyl sites for hydroxylation is 1. The fourth-order valence-corrected chi connectivity index (χ4v) is 7.04. The summed E-state index contributed by atoms with van der Waals surface area (Å²) in [6.07, 6.45) is 1.50. The maximum Gasteiger partial charge on any atom is 0.261 e. The van der Waals surface area contributed by atoms with E-state index in [1.807, 2.05) is 42.5 Å². The normalized spacial score (nSPS) is 19.8. The van der Waals surface area contributed by atoms with Crippen LogP contribution in [0.3, 0.4) is 0 Å². The van der Waals surface area contributed by atoms with Crippen LogP contribution in [0.4, 0.5) is 11.4 Å². The van der Waals surface area contributed by atoms with Gasteiger partial charge in [-0.15, -0.1) is 0 Å². The molecule has 184 valence electrons. The van der Waals surface area contributed by atoms with Gasteiger partial charge in [-0.25, -0.2) is 8.42 Å². The van der Waals surface area contributed by atoms with Gasteiger partial charge >= 0.3 is 0 Å². The average molecular weight is 499 g/mol. The maximum atomic E-state index is 13.3. The molecule has 2 heterocycles. The lowest BCUT2D eigenvalue weighted by Gasteiger charge is -2.42. The summed E-state index contributed by atoms with van der Waals surface area (Å²) in [5.74, 6) is 0.827. The number of sulfonamides is 1. The Kier molecular flexibility index (Phi) is 4.93. The first kappa shape index (κ1) is 22.9. The Morgan fingerprint density at radius 3 is 2.31 bits per heavy atom. The minimum Gasteiger partial charge on any atom is -0.466 e. The van der Waals surface area contributed by atoms with E-state index in [0.717, 1.165) is 39.8 Å². The number of likely N-dealkylation sites (N-methyl/N-ethyl adjacent to an activating group) is 1. The number of nitrogens with one attached hydrogen (secondary N) is 1. The lowest BCUT2D eigenvalue weighted by molar-refractivity contribution is 0.0362. The predicted molar refractivity (Wildman–Crippen MR) is 146 cm³/mol. The zero-order chi connectivity index (χ0) is 25.3. The van der Waals surface area contributed by atoms with Gasteiger partial charge in [0, 0.05) is 35.5 Å². The summed E-state index contributed by atoms with van der Waals surface area (Å²) in [5, 5.41) is 1.73. The van der Waals surface area contributed by atoms with Crippen molar-refractivity contribution in [2.45, 2.75) is 49.6 Å². The number of para-hydroxylation sites is 1. The Labute approximate surface area is 212 Å². The van der Waals surface area contributed by atoms with Crippen molar-refractivity contribution >= 4 is 32.2 Å². The molecule has 4 aromatic rings. The summed E-state index contributed by atoms with van der Waals surface area (Å²) in [5.41, 5.74) is 4.20. The van der Waals surface area contributed by atoms with Gasteiger partial charge in [0.1, 0.15) is 5.75 Å².